The van der Waals surface area contributed by atoms with Gasteiger partial charge in [0.2, 0.25) is 0 Å². The molecule has 6 nitrogen and oxygen atoms in total. The Labute approximate surface area is 134 Å². The van der Waals surface area contributed by atoms with Crippen molar-refractivity contribution in [2.45, 2.75) is 27.3 Å². The van der Waals surface area contributed by atoms with Gasteiger partial charge < -0.3 is 19.6 Å². The van der Waals surface area contributed by atoms with Crippen molar-refractivity contribution in [2.75, 3.05) is 11.9 Å². The Morgan fingerprint density at radius 3 is 2.61 bits per heavy atom. The van der Waals surface area contributed by atoms with Gasteiger partial charge >= 0.3 is 11.9 Å². The third kappa shape index (κ3) is 3.71. The van der Waals surface area contributed by atoms with Gasteiger partial charge in [-0.3, -0.25) is 0 Å². The topological polar surface area (TPSA) is 88.8 Å². The van der Waals surface area contributed by atoms with Crippen LogP contribution in [0.5, 0.6) is 0 Å². The zero-order valence-corrected chi connectivity index (χ0v) is 13.3. The highest BCUT2D eigenvalue weighted by Crippen LogP contribution is 2.23. The second-order valence-corrected chi connectivity index (χ2v) is 5.06. The van der Waals surface area contributed by atoms with Crippen molar-refractivity contribution in [3.05, 3.63) is 52.5 Å². The van der Waals surface area contributed by atoms with Gasteiger partial charge in [0.1, 0.15) is 11.5 Å². The van der Waals surface area contributed by atoms with E-state index in [1.165, 1.54) is 6.07 Å². The summed E-state index contributed by atoms with van der Waals surface area (Å²) in [5.41, 5.74) is 1.29. The summed E-state index contributed by atoms with van der Waals surface area (Å²) in [5.74, 6) is -0.334. The molecule has 1 aromatic heterocycles. The van der Waals surface area contributed by atoms with E-state index in [1.807, 2.05) is 19.9 Å². The minimum atomic E-state index is -1.19. The molecular formula is C17H19NO5. The number of hydrogen-bond acceptors (Lipinski definition) is 5. The van der Waals surface area contributed by atoms with E-state index in [0.29, 0.717) is 18.0 Å². The predicted octanol–water partition coefficient (Wildman–Crippen LogP) is 3.38. The Morgan fingerprint density at radius 2 is 2.04 bits per heavy atom. The number of aryl methyl sites for hydroxylation is 2. The Morgan fingerprint density at radius 1 is 1.30 bits per heavy atom. The molecule has 122 valence electrons. The fourth-order valence-electron chi connectivity index (χ4n) is 2.23. The Kier molecular flexibility index (Phi) is 5.05. The van der Waals surface area contributed by atoms with Gasteiger partial charge in [0.15, 0.2) is 0 Å². The summed E-state index contributed by atoms with van der Waals surface area (Å²) < 4.78 is 10.5. The van der Waals surface area contributed by atoms with Gasteiger partial charge in [-0.25, -0.2) is 9.59 Å². The summed E-state index contributed by atoms with van der Waals surface area (Å²) in [5, 5.41) is 12.4. The minimum Gasteiger partial charge on any atom is -0.478 e. The number of furan rings is 1. The van der Waals surface area contributed by atoms with Crippen molar-refractivity contribution < 1.29 is 23.8 Å². The van der Waals surface area contributed by atoms with Crippen molar-refractivity contribution >= 4 is 17.6 Å². The molecule has 2 N–H and O–H groups in total. The molecule has 0 aliphatic carbocycles. The van der Waals surface area contributed by atoms with E-state index in [2.05, 4.69) is 5.32 Å². The first-order chi connectivity index (χ1) is 10.9. The molecule has 23 heavy (non-hydrogen) atoms. The van der Waals surface area contributed by atoms with Crippen LogP contribution >= 0.6 is 0 Å². The average Bonchev–Trinajstić information content (AvgIpc) is 2.83. The number of aromatic carboxylic acids is 1. The van der Waals surface area contributed by atoms with Crippen LogP contribution in [0.3, 0.4) is 0 Å². The number of carboxylic acid groups (broad SMARTS) is 1. The lowest BCUT2D eigenvalue weighted by molar-refractivity contribution is 0.0515. The summed E-state index contributed by atoms with van der Waals surface area (Å²) in [6, 6.07) is 6.54. The van der Waals surface area contributed by atoms with E-state index in [9.17, 15) is 14.7 Å². The molecule has 0 radical (unpaired) electrons. The second-order valence-electron chi connectivity index (χ2n) is 5.06. The highest BCUT2D eigenvalue weighted by molar-refractivity contribution is 6.06. The molecule has 6 heteroatoms. The average molecular weight is 317 g/mol. The van der Waals surface area contributed by atoms with Crippen LogP contribution in [-0.2, 0) is 11.3 Å². The number of hydrogen-bond donors (Lipinski definition) is 2. The van der Waals surface area contributed by atoms with Crippen LogP contribution in [0.25, 0.3) is 0 Å². The Hall–Kier alpha value is -2.76. The van der Waals surface area contributed by atoms with Gasteiger partial charge in [0.05, 0.1) is 24.3 Å². The second kappa shape index (κ2) is 7.00. The van der Waals surface area contributed by atoms with Crippen LogP contribution in [0.15, 0.2) is 28.7 Å². The molecule has 0 fully saturated rings. The maximum absolute atomic E-state index is 11.9. The Balaban J connectivity index is 2.28. The first-order valence-electron chi connectivity index (χ1n) is 7.27. The summed E-state index contributed by atoms with van der Waals surface area (Å²) in [4.78, 5) is 23.5. The molecular weight excluding hydrogens is 298 g/mol. The van der Waals surface area contributed by atoms with Gasteiger partial charge in [-0.15, -0.1) is 0 Å². The number of esters is 1. The monoisotopic (exact) mass is 317 g/mol. The molecule has 2 rings (SSSR count). The molecule has 0 amide bonds. The third-order valence-electron chi connectivity index (χ3n) is 3.44. The summed E-state index contributed by atoms with van der Waals surface area (Å²) >= 11 is 0. The lowest BCUT2D eigenvalue weighted by atomic mass is 10.1. The lowest BCUT2D eigenvalue weighted by Gasteiger charge is -2.12. The van der Waals surface area contributed by atoms with E-state index in [1.54, 1.807) is 19.1 Å². The first kappa shape index (κ1) is 16.6. The summed E-state index contributed by atoms with van der Waals surface area (Å²) in [7, 11) is 0. The smallest absolute Gasteiger partial charge is 0.339 e. The molecule has 0 unspecified atom stereocenters. The summed E-state index contributed by atoms with van der Waals surface area (Å²) in [6.45, 7) is 5.97. The van der Waals surface area contributed by atoms with Crippen molar-refractivity contribution in [3.8, 4) is 0 Å². The van der Waals surface area contributed by atoms with Crippen LogP contribution in [0.2, 0.25) is 0 Å². The zero-order valence-electron chi connectivity index (χ0n) is 13.3. The van der Waals surface area contributed by atoms with Crippen LogP contribution in [0, 0.1) is 13.8 Å². The maximum atomic E-state index is 11.9. The quantitative estimate of drug-likeness (QED) is 0.794. The number of ether oxygens (including phenoxy) is 1. The van der Waals surface area contributed by atoms with E-state index < -0.39 is 11.9 Å². The van der Waals surface area contributed by atoms with Crippen LogP contribution in [0.4, 0.5) is 5.69 Å². The molecule has 1 heterocycles. The van der Waals surface area contributed by atoms with Crippen molar-refractivity contribution in [3.63, 3.8) is 0 Å². The standard InChI is InChI=1S/C17H19NO5/c1-4-22-17(21)13-6-5-7-14(15(13)16(19)20)18-9-12-8-10(2)11(3)23-12/h5-8,18H,4,9H2,1-3H3,(H,19,20). The Bertz CT molecular complexity index is 713. The molecule has 0 spiro atoms. The van der Waals surface area contributed by atoms with Crippen LogP contribution in [-0.4, -0.2) is 23.7 Å². The van der Waals surface area contributed by atoms with E-state index >= 15 is 0 Å². The maximum Gasteiger partial charge on any atom is 0.339 e. The van der Waals surface area contributed by atoms with Crippen molar-refractivity contribution in [1.29, 1.82) is 0 Å². The lowest BCUT2D eigenvalue weighted by Crippen LogP contribution is -2.14. The van der Waals surface area contributed by atoms with Crippen LogP contribution < -0.4 is 5.32 Å². The number of carboxylic acids is 1. The first-order valence-corrected chi connectivity index (χ1v) is 7.27. The summed E-state index contributed by atoms with van der Waals surface area (Å²) in [6.07, 6.45) is 0. The van der Waals surface area contributed by atoms with Crippen LogP contribution in [0.1, 0.15) is 44.7 Å². The molecule has 0 bridgehead atoms. The van der Waals surface area contributed by atoms with Gasteiger partial charge in [0.25, 0.3) is 0 Å². The number of carbonyl (C=O) groups excluding carboxylic acids is 1. The normalized spacial score (nSPS) is 10.4. The molecule has 1 aromatic carbocycles. The molecule has 0 saturated heterocycles. The molecule has 0 aliphatic rings. The number of benzene rings is 1. The largest absolute Gasteiger partial charge is 0.478 e. The number of nitrogens with one attached hydrogen (secondary N) is 1. The molecule has 0 saturated carbocycles. The van der Waals surface area contributed by atoms with Gasteiger partial charge in [-0.05, 0) is 44.5 Å². The van der Waals surface area contributed by atoms with Crippen molar-refractivity contribution in [1.82, 2.24) is 0 Å². The highest BCUT2D eigenvalue weighted by atomic mass is 16.5. The number of carbonyl (C=O) groups is 2. The third-order valence-corrected chi connectivity index (χ3v) is 3.44. The SMILES string of the molecule is CCOC(=O)c1cccc(NCc2cc(C)c(C)o2)c1C(=O)O. The minimum absolute atomic E-state index is 0.0242. The van der Waals surface area contributed by atoms with Gasteiger partial charge in [0, 0.05) is 5.69 Å². The predicted molar refractivity (Wildman–Crippen MR) is 84.9 cm³/mol. The molecule has 2 aromatic rings. The fourth-order valence-corrected chi connectivity index (χ4v) is 2.23. The van der Waals surface area contributed by atoms with Gasteiger partial charge in [-0.2, -0.15) is 0 Å². The van der Waals surface area contributed by atoms with Crippen molar-refractivity contribution in [2.24, 2.45) is 0 Å². The number of anilines is 1. The molecule has 0 aliphatic heterocycles. The van der Waals surface area contributed by atoms with E-state index in [-0.39, 0.29) is 17.7 Å². The highest BCUT2D eigenvalue weighted by Gasteiger charge is 2.21. The fraction of sp³-hybridized carbons (Fsp3) is 0.294. The number of rotatable bonds is 6. The molecule has 0 atom stereocenters. The van der Waals surface area contributed by atoms with E-state index in [0.717, 1.165) is 11.3 Å². The zero-order chi connectivity index (χ0) is 17.0. The van der Waals surface area contributed by atoms with E-state index in [4.69, 9.17) is 9.15 Å². The van der Waals surface area contributed by atoms with Gasteiger partial charge in [-0.1, -0.05) is 6.07 Å².